The van der Waals surface area contributed by atoms with Crippen molar-refractivity contribution in [1.82, 2.24) is 10.2 Å². The predicted molar refractivity (Wildman–Crippen MR) is 83.4 cm³/mol. The van der Waals surface area contributed by atoms with E-state index in [1.54, 1.807) is 0 Å². The first-order chi connectivity index (χ1) is 8.78. The van der Waals surface area contributed by atoms with Crippen molar-refractivity contribution in [2.45, 2.75) is 66.3 Å². The zero-order valence-electron chi connectivity index (χ0n) is 13.8. The highest BCUT2D eigenvalue weighted by Gasteiger charge is 2.45. The zero-order valence-corrected chi connectivity index (χ0v) is 13.8. The predicted octanol–water partition coefficient (Wildman–Crippen LogP) is 3.52. The summed E-state index contributed by atoms with van der Waals surface area (Å²) in [4.78, 5) is 2.69. The van der Waals surface area contributed by atoms with Crippen LogP contribution in [0.1, 0.15) is 60.3 Å². The molecule has 2 rings (SSSR count). The van der Waals surface area contributed by atoms with Gasteiger partial charge < -0.3 is 10.2 Å². The lowest BCUT2D eigenvalue weighted by Gasteiger charge is -2.53. The highest BCUT2D eigenvalue weighted by Crippen LogP contribution is 2.52. The minimum absolute atomic E-state index is 0.452. The highest BCUT2D eigenvalue weighted by molar-refractivity contribution is 4.98. The van der Waals surface area contributed by atoms with Crippen molar-refractivity contribution < 1.29 is 0 Å². The standard InChI is InChI=1S/C17H34N2/c1-14(2)18-12-15-10-17(11-15)6-8-19(9-7-17)13-16(3,4)5/h14-15,18H,6-13H2,1-5H3. The summed E-state index contributed by atoms with van der Waals surface area (Å²) in [5.41, 5.74) is 1.19. The number of nitrogens with one attached hydrogen (secondary N) is 1. The Hall–Kier alpha value is -0.0800. The van der Waals surface area contributed by atoms with Crippen molar-refractivity contribution in [3.63, 3.8) is 0 Å². The van der Waals surface area contributed by atoms with Crippen LogP contribution in [0.5, 0.6) is 0 Å². The summed E-state index contributed by atoms with van der Waals surface area (Å²) in [6, 6.07) is 0.644. The van der Waals surface area contributed by atoms with Crippen LogP contribution in [0, 0.1) is 16.7 Å². The molecule has 1 aliphatic carbocycles. The summed E-state index contributed by atoms with van der Waals surface area (Å²) in [5.74, 6) is 0.955. The van der Waals surface area contributed by atoms with Crippen molar-refractivity contribution in [2.24, 2.45) is 16.7 Å². The first-order valence-corrected chi connectivity index (χ1v) is 8.24. The third-order valence-electron chi connectivity index (χ3n) is 4.87. The largest absolute Gasteiger partial charge is 0.314 e. The van der Waals surface area contributed by atoms with Gasteiger partial charge in [-0.1, -0.05) is 34.6 Å². The lowest BCUT2D eigenvalue weighted by Crippen LogP contribution is -2.50. The second-order valence-corrected chi connectivity index (χ2v) is 8.67. The van der Waals surface area contributed by atoms with Gasteiger partial charge in [0.15, 0.2) is 0 Å². The molecule has 1 saturated carbocycles. The molecule has 1 heterocycles. The van der Waals surface area contributed by atoms with Crippen molar-refractivity contribution in [3.05, 3.63) is 0 Å². The van der Waals surface area contributed by atoms with Crippen LogP contribution >= 0.6 is 0 Å². The van der Waals surface area contributed by atoms with Gasteiger partial charge in [0, 0.05) is 12.6 Å². The van der Waals surface area contributed by atoms with E-state index in [0.717, 1.165) is 11.3 Å². The van der Waals surface area contributed by atoms with Crippen LogP contribution < -0.4 is 5.32 Å². The van der Waals surface area contributed by atoms with E-state index in [4.69, 9.17) is 0 Å². The van der Waals surface area contributed by atoms with E-state index in [9.17, 15) is 0 Å². The third kappa shape index (κ3) is 4.46. The molecule has 112 valence electrons. The Bertz CT molecular complexity index is 274. The summed E-state index contributed by atoms with van der Waals surface area (Å²) in [5, 5.41) is 3.60. The minimum atomic E-state index is 0.452. The highest BCUT2D eigenvalue weighted by atomic mass is 15.1. The second-order valence-electron chi connectivity index (χ2n) is 8.67. The van der Waals surface area contributed by atoms with Gasteiger partial charge in [-0.05, 0) is 62.1 Å². The van der Waals surface area contributed by atoms with Crippen LogP contribution in [0.2, 0.25) is 0 Å². The molecule has 2 aliphatic rings. The summed E-state index contributed by atoms with van der Waals surface area (Å²) >= 11 is 0. The number of likely N-dealkylation sites (tertiary alicyclic amines) is 1. The Labute approximate surface area is 120 Å². The lowest BCUT2D eigenvalue weighted by atomic mass is 9.57. The molecule has 0 radical (unpaired) electrons. The molecule has 19 heavy (non-hydrogen) atoms. The maximum atomic E-state index is 3.60. The summed E-state index contributed by atoms with van der Waals surface area (Å²) in [6.45, 7) is 16.7. The van der Waals surface area contributed by atoms with Crippen molar-refractivity contribution in [1.29, 1.82) is 0 Å². The van der Waals surface area contributed by atoms with Gasteiger partial charge in [-0.15, -0.1) is 0 Å². The van der Waals surface area contributed by atoms with Gasteiger partial charge in [0.25, 0.3) is 0 Å². The van der Waals surface area contributed by atoms with Gasteiger partial charge in [-0.3, -0.25) is 0 Å². The van der Waals surface area contributed by atoms with E-state index in [1.165, 1.54) is 51.9 Å². The number of rotatable bonds is 4. The SMILES string of the molecule is CC(C)NCC1CC2(CCN(CC(C)(C)C)CC2)C1. The molecule has 2 fully saturated rings. The summed E-state index contributed by atoms with van der Waals surface area (Å²) in [7, 11) is 0. The quantitative estimate of drug-likeness (QED) is 0.837. The van der Waals surface area contributed by atoms with Crippen LogP contribution in [0.25, 0.3) is 0 Å². The monoisotopic (exact) mass is 266 g/mol. The maximum Gasteiger partial charge on any atom is 0.00300 e. The topological polar surface area (TPSA) is 15.3 Å². The lowest BCUT2D eigenvalue weighted by molar-refractivity contribution is -0.0196. The average molecular weight is 266 g/mol. The van der Waals surface area contributed by atoms with E-state index < -0.39 is 0 Å². The Kier molecular flexibility index (Phi) is 4.62. The minimum Gasteiger partial charge on any atom is -0.314 e. The normalized spacial score (nSPS) is 24.9. The van der Waals surface area contributed by atoms with E-state index in [-0.39, 0.29) is 0 Å². The molecule has 2 heteroatoms. The van der Waals surface area contributed by atoms with Crippen LogP contribution in [0.15, 0.2) is 0 Å². The van der Waals surface area contributed by atoms with Gasteiger partial charge in [0.2, 0.25) is 0 Å². The molecule has 0 amide bonds. The Morgan fingerprint density at radius 2 is 1.74 bits per heavy atom. The van der Waals surface area contributed by atoms with Gasteiger partial charge in [0.05, 0.1) is 0 Å². The van der Waals surface area contributed by atoms with E-state index >= 15 is 0 Å². The van der Waals surface area contributed by atoms with Crippen LogP contribution in [-0.4, -0.2) is 37.1 Å². The summed E-state index contributed by atoms with van der Waals surface area (Å²) < 4.78 is 0. The van der Waals surface area contributed by atoms with Crippen LogP contribution in [0.3, 0.4) is 0 Å². The van der Waals surface area contributed by atoms with E-state index in [2.05, 4.69) is 44.8 Å². The second kappa shape index (κ2) is 5.73. The first-order valence-electron chi connectivity index (χ1n) is 8.24. The molecule has 1 spiro atoms. The number of nitrogens with zero attached hydrogens (tertiary/aromatic N) is 1. The molecule has 0 aromatic rings. The number of hydrogen-bond donors (Lipinski definition) is 1. The molecule has 0 bridgehead atoms. The molecule has 1 N–H and O–H groups in total. The van der Waals surface area contributed by atoms with E-state index in [1.807, 2.05) is 0 Å². The average Bonchev–Trinajstić information content (AvgIpc) is 2.23. The zero-order chi connectivity index (χ0) is 14.1. The van der Waals surface area contributed by atoms with Gasteiger partial charge in [-0.2, -0.15) is 0 Å². The Balaban J connectivity index is 1.68. The smallest absolute Gasteiger partial charge is 0.00300 e. The Morgan fingerprint density at radius 3 is 2.21 bits per heavy atom. The molecule has 0 aromatic carbocycles. The fourth-order valence-corrected chi connectivity index (χ4v) is 3.98. The number of hydrogen-bond acceptors (Lipinski definition) is 2. The molecule has 1 saturated heterocycles. The third-order valence-corrected chi connectivity index (χ3v) is 4.87. The molecule has 2 nitrogen and oxygen atoms in total. The molecular weight excluding hydrogens is 232 g/mol. The van der Waals surface area contributed by atoms with Crippen molar-refractivity contribution in [3.8, 4) is 0 Å². The fraction of sp³-hybridized carbons (Fsp3) is 1.00. The van der Waals surface area contributed by atoms with Gasteiger partial charge in [0.1, 0.15) is 0 Å². The molecule has 1 aliphatic heterocycles. The van der Waals surface area contributed by atoms with Crippen LogP contribution in [0.4, 0.5) is 0 Å². The molecular formula is C17H34N2. The van der Waals surface area contributed by atoms with E-state index in [0.29, 0.717) is 11.5 Å². The van der Waals surface area contributed by atoms with Crippen LogP contribution in [-0.2, 0) is 0 Å². The fourth-order valence-electron chi connectivity index (χ4n) is 3.98. The maximum absolute atomic E-state index is 3.60. The van der Waals surface area contributed by atoms with Crippen molar-refractivity contribution in [2.75, 3.05) is 26.2 Å². The molecule has 0 aromatic heterocycles. The van der Waals surface area contributed by atoms with Crippen molar-refractivity contribution >= 4 is 0 Å². The van der Waals surface area contributed by atoms with Gasteiger partial charge in [-0.25, -0.2) is 0 Å². The number of piperidine rings is 1. The molecule has 0 unspecified atom stereocenters. The summed E-state index contributed by atoms with van der Waals surface area (Å²) in [6.07, 6.45) is 5.86. The molecule has 0 atom stereocenters. The first kappa shape index (κ1) is 15.3. The van der Waals surface area contributed by atoms with Gasteiger partial charge >= 0.3 is 0 Å². The Morgan fingerprint density at radius 1 is 1.16 bits per heavy atom.